The van der Waals surface area contributed by atoms with Crippen molar-refractivity contribution in [3.63, 3.8) is 0 Å². The van der Waals surface area contributed by atoms with Crippen molar-refractivity contribution in [3.8, 4) is 0 Å². The highest BCUT2D eigenvalue weighted by atomic mass is 16.2. The second-order valence-electron chi connectivity index (χ2n) is 9.14. The maximum atomic E-state index is 12.8. The van der Waals surface area contributed by atoms with E-state index in [1.54, 1.807) is 10.9 Å². The summed E-state index contributed by atoms with van der Waals surface area (Å²) in [7, 11) is 1.84. The SMILES string of the molecule is Cn1nccc1C(=O)N1CCC(N2CC3(CCCCC3)C2c2ccncc2)CC1. The first kappa shape index (κ1) is 18.8. The van der Waals surface area contributed by atoms with Gasteiger partial charge in [0.25, 0.3) is 5.91 Å². The Morgan fingerprint density at radius 1 is 1.03 bits per heavy atom. The highest BCUT2D eigenvalue weighted by Gasteiger charge is 2.55. The number of rotatable bonds is 3. The van der Waals surface area contributed by atoms with E-state index in [1.807, 2.05) is 30.4 Å². The molecule has 1 saturated carbocycles. The first-order valence-electron chi connectivity index (χ1n) is 11.1. The van der Waals surface area contributed by atoms with Crippen molar-refractivity contribution < 1.29 is 4.79 Å². The molecule has 2 saturated heterocycles. The quantitative estimate of drug-likeness (QED) is 0.802. The van der Waals surface area contributed by atoms with Crippen LogP contribution in [0.2, 0.25) is 0 Å². The molecule has 2 aromatic rings. The summed E-state index contributed by atoms with van der Waals surface area (Å²) in [6, 6.07) is 7.34. The van der Waals surface area contributed by atoms with Crippen LogP contribution < -0.4 is 0 Å². The molecule has 0 radical (unpaired) electrons. The Hall–Kier alpha value is -2.21. The summed E-state index contributed by atoms with van der Waals surface area (Å²) >= 11 is 0. The molecule has 2 aromatic heterocycles. The zero-order valence-electron chi connectivity index (χ0n) is 17.3. The fraction of sp³-hybridized carbons (Fsp3) is 0.609. The molecule has 29 heavy (non-hydrogen) atoms. The van der Waals surface area contributed by atoms with Gasteiger partial charge in [-0.1, -0.05) is 19.3 Å². The standard InChI is InChI=1S/C23H31N5O/c1-26-20(7-14-25-26)22(29)27-15-8-19(9-16-27)28-17-23(10-3-2-4-11-23)21(28)18-5-12-24-13-6-18/h5-7,12-14,19,21H,2-4,8-11,15-17H2,1H3. The lowest BCUT2D eigenvalue weighted by Gasteiger charge is -2.63. The van der Waals surface area contributed by atoms with Gasteiger partial charge in [-0.2, -0.15) is 5.10 Å². The number of amides is 1. The molecular weight excluding hydrogens is 362 g/mol. The predicted octanol–water partition coefficient (Wildman–Crippen LogP) is 3.43. The third-order valence-corrected chi connectivity index (χ3v) is 7.54. The normalized spacial score (nSPS) is 25.1. The van der Waals surface area contributed by atoms with Crippen LogP contribution >= 0.6 is 0 Å². The number of carbonyl (C=O) groups is 1. The van der Waals surface area contributed by atoms with E-state index >= 15 is 0 Å². The van der Waals surface area contributed by atoms with Crippen LogP contribution in [0, 0.1) is 5.41 Å². The van der Waals surface area contributed by atoms with Gasteiger partial charge in [0.2, 0.25) is 0 Å². The molecule has 1 spiro atoms. The van der Waals surface area contributed by atoms with E-state index in [4.69, 9.17) is 0 Å². The Morgan fingerprint density at radius 2 is 1.76 bits per heavy atom. The molecule has 1 atom stereocenters. The average Bonchev–Trinajstić information content (AvgIpc) is 3.19. The maximum absolute atomic E-state index is 12.8. The van der Waals surface area contributed by atoms with Crippen LogP contribution in [0.4, 0.5) is 0 Å². The molecule has 6 heteroatoms. The molecule has 0 bridgehead atoms. The van der Waals surface area contributed by atoms with E-state index in [9.17, 15) is 4.79 Å². The van der Waals surface area contributed by atoms with Crippen molar-refractivity contribution in [2.45, 2.75) is 57.0 Å². The maximum Gasteiger partial charge on any atom is 0.272 e. The molecule has 6 nitrogen and oxygen atoms in total. The number of piperidine rings is 1. The molecule has 3 fully saturated rings. The number of likely N-dealkylation sites (tertiary alicyclic amines) is 2. The summed E-state index contributed by atoms with van der Waals surface area (Å²) in [5.74, 6) is 0.112. The molecule has 3 aliphatic rings. The average molecular weight is 394 g/mol. The summed E-state index contributed by atoms with van der Waals surface area (Å²) in [6.45, 7) is 2.89. The molecule has 1 unspecified atom stereocenters. The van der Waals surface area contributed by atoms with E-state index in [0.29, 0.717) is 23.2 Å². The number of carbonyl (C=O) groups excluding carboxylic acids is 1. The van der Waals surface area contributed by atoms with Gasteiger partial charge in [0.15, 0.2) is 0 Å². The van der Waals surface area contributed by atoms with Gasteiger partial charge >= 0.3 is 0 Å². The van der Waals surface area contributed by atoms with Gasteiger partial charge in [0.1, 0.15) is 5.69 Å². The number of hydrogen-bond donors (Lipinski definition) is 0. The minimum absolute atomic E-state index is 0.112. The molecule has 5 rings (SSSR count). The summed E-state index contributed by atoms with van der Waals surface area (Å²) in [4.78, 5) is 21.8. The summed E-state index contributed by atoms with van der Waals surface area (Å²) < 4.78 is 1.68. The van der Waals surface area contributed by atoms with E-state index in [-0.39, 0.29) is 5.91 Å². The van der Waals surface area contributed by atoms with Crippen LogP contribution in [0.5, 0.6) is 0 Å². The lowest BCUT2D eigenvalue weighted by molar-refractivity contribution is -0.132. The zero-order chi connectivity index (χ0) is 19.8. The van der Waals surface area contributed by atoms with E-state index < -0.39 is 0 Å². The van der Waals surface area contributed by atoms with Crippen molar-refractivity contribution in [1.82, 2.24) is 24.6 Å². The molecule has 0 N–H and O–H groups in total. The Morgan fingerprint density at radius 3 is 2.41 bits per heavy atom. The van der Waals surface area contributed by atoms with Crippen molar-refractivity contribution in [1.29, 1.82) is 0 Å². The van der Waals surface area contributed by atoms with Crippen LogP contribution in [-0.2, 0) is 7.05 Å². The lowest BCUT2D eigenvalue weighted by Crippen LogP contribution is -2.63. The Labute approximate surface area is 172 Å². The van der Waals surface area contributed by atoms with Crippen LogP contribution in [-0.4, -0.2) is 56.1 Å². The monoisotopic (exact) mass is 393 g/mol. The molecule has 2 aliphatic heterocycles. The van der Waals surface area contributed by atoms with Gasteiger partial charge in [-0.15, -0.1) is 0 Å². The molecule has 0 aromatic carbocycles. The topological polar surface area (TPSA) is 54.3 Å². The molecule has 4 heterocycles. The Bertz CT molecular complexity index is 849. The first-order chi connectivity index (χ1) is 14.2. The van der Waals surface area contributed by atoms with Crippen LogP contribution in [0.1, 0.15) is 67.0 Å². The third-order valence-electron chi connectivity index (χ3n) is 7.54. The number of aryl methyl sites for hydroxylation is 1. The minimum Gasteiger partial charge on any atom is -0.337 e. The smallest absolute Gasteiger partial charge is 0.272 e. The van der Waals surface area contributed by atoms with Crippen molar-refractivity contribution in [2.24, 2.45) is 12.5 Å². The second-order valence-corrected chi connectivity index (χ2v) is 9.14. The molecule has 1 amide bonds. The van der Waals surface area contributed by atoms with Gasteiger partial charge < -0.3 is 4.90 Å². The number of hydrogen-bond acceptors (Lipinski definition) is 4. The third kappa shape index (κ3) is 3.27. The van der Waals surface area contributed by atoms with Gasteiger partial charge in [-0.25, -0.2) is 0 Å². The van der Waals surface area contributed by atoms with Crippen LogP contribution in [0.15, 0.2) is 36.8 Å². The van der Waals surface area contributed by atoms with E-state index in [2.05, 4.69) is 27.1 Å². The number of nitrogens with zero attached hydrogens (tertiary/aromatic N) is 5. The summed E-state index contributed by atoms with van der Waals surface area (Å²) in [5.41, 5.74) is 2.58. The van der Waals surface area contributed by atoms with Gasteiger partial charge in [-0.05, 0) is 49.4 Å². The van der Waals surface area contributed by atoms with Crippen LogP contribution in [0.3, 0.4) is 0 Å². The van der Waals surface area contributed by atoms with E-state index in [0.717, 1.165) is 25.9 Å². The largest absolute Gasteiger partial charge is 0.337 e. The Balaban J connectivity index is 1.29. The fourth-order valence-corrected chi connectivity index (χ4v) is 6.05. The highest BCUT2D eigenvalue weighted by molar-refractivity contribution is 5.92. The van der Waals surface area contributed by atoms with Gasteiger partial charge in [0.05, 0.1) is 0 Å². The first-order valence-corrected chi connectivity index (χ1v) is 11.1. The second kappa shape index (κ2) is 7.56. The number of aromatic nitrogens is 3. The lowest BCUT2D eigenvalue weighted by atomic mass is 9.60. The minimum atomic E-state index is 0.112. The summed E-state index contributed by atoms with van der Waals surface area (Å²) in [5, 5.41) is 4.15. The van der Waals surface area contributed by atoms with Gasteiger partial charge in [0, 0.05) is 62.8 Å². The Kier molecular flexibility index (Phi) is 4.90. The molecular formula is C23H31N5O. The van der Waals surface area contributed by atoms with E-state index in [1.165, 1.54) is 44.2 Å². The number of pyridine rings is 1. The van der Waals surface area contributed by atoms with Gasteiger partial charge in [-0.3, -0.25) is 19.4 Å². The summed E-state index contributed by atoms with van der Waals surface area (Å²) in [6.07, 6.45) is 14.5. The molecule has 154 valence electrons. The van der Waals surface area contributed by atoms with Crippen molar-refractivity contribution in [2.75, 3.05) is 19.6 Å². The highest BCUT2D eigenvalue weighted by Crippen LogP contribution is 2.58. The van der Waals surface area contributed by atoms with Crippen LogP contribution in [0.25, 0.3) is 0 Å². The molecule has 1 aliphatic carbocycles. The predicted molar refractivity (Wildman–Crippen MR) is 111 cm³/mol. The van der Waals surface area contributed by atoms with Crippen molar-refractivity contribution in [3.05, 3.63) is 48.0 Å². The zero-order valence-corrected chi connectivity index (χ0v) is 17.3. The fourth-order valence-electron chi connectivity index (χ4n) is 6.05. The van der Waals surface area contributed by atoms with Crippen molar-refractivity contribution >= 4 is 5.91 Å².